The van der Waals surface area contributed by atoms with Crippen molar-refractivity contribution in [1.29, 1.82) is 0 Å². The van der Waals surface area contributed by atoms with Gasteiger partial charge in [0, 0.05) is 24.2 Å². The molecular formula is C9H8F3NO. The molecule has 76 valence electrons. The Morgan fingerprint density at radius 1 is 1.21 bits per heavy atom. The highest BCUT2D eigenvalue weighted by Gasteiger charge is 2.10. The summed E-state index contributed by atoms with van der Waals surface area (Å²) in [5.74, 6) is -2.82. The van der Waals surface area contributed by atoms with Crippen LogP contribution in [-0.4, -0.2) is 13.0 Å². The second kappa shape index (κ2) is 4.64. The van der Waals surface area contributed by atoms with Gasteiger partial charge in [-0.1, -0.05) is 0 Å². The minimum atomic E-state index is -0.952. The van der Waals surface area contributed by atoms with E-state index in [4.69, 9.17) is 0 Å². The standard InChI is InChI=1S/C9H8F3NO/c10-6-3-8(11)7(9(12)4-6)1-2-13-5-14/h3-5H,1-2H2,(H,13,14). The summed E-state index contributed by atoms with van der Waals surface area (Å²) in [6, 6.07) is 1.22. The minimum absolute atomic E-state index is 0.00329. The van der Waals surface area contributed by atoms with E-state index in [1.165, 1.54) is 0 Å². The molecule has 14 heavy (non-hydrogen) atoms. The number of amides is 1. The molecule has 0 unspecified atom stereocenters. The third-order valence-corrected chi connectivity index (χ3v) is 1.71. The first kappa shape index (κ1) is 10.6. The van der Waals surface area contributed by atoms with Gasteiger partial charge in [0.15, 0.2) is 0 Å². The van der Waals surface area contributed by atoms with Gasteiger partial charge >= 0.3 is 0 Å². The number of nitrogens with one attached hydrogen (secondary N) is 1. The second-order valence-corrected chi connectivity index (χ2v) is 2.67. The molecular weight excluding hydrogens is 195 g/mol. The lowest BCUT2D eigenvalue weighted by atomic mass is 10.1. The predicted octanol–water partition coefficient (Wildman–Crippen LogP) is 1.39. The van der Waals surface area contributed by atoms with Crippen molar-refractivity contribution < 1.29 is 18.0 Å². The SMILES string of the molecule is O=CNCCc1c(F)cc(F)cc1F. The zero-order chi connectivity index (χ0) is 10.6. The predicted molar refractivity (Wildman–Crippen MR) is 44.1 cm³/mol. The Morgan fingerprint density at radius 2 is 1.79 bits per heavy atom. The van der Waals surface area contributed by atoms with Gasteiger partial charge in [-0.15, -0.1) is 0 Å². The second-order valence-electron chi connectivity index (χ2n) is 2.67. The molecule has 0 aliphatic rings. The van der Waals surface area contributed by atoms with Crippen molar-refractivity contribution in [2.24, 2.45) is 0 Å². The topological polar surface area (TPSA) is 29.1 Å². The van der Waals surface area contributed by atoms with E-state index in [9.17, 15) is 18.0 Å². The lowest BCUT2D eigenvalue weighted by molar-refractivity contribution is -0.109. The largest absolute Gasteiger partial charge is 0.358 e. The van der Waals surface area contributed by atoms with Crippen molar-refractivity contribution in [2.75, 3.05) is 6.54 Å². The average molecular weight is 203 g/mol. The Bertz CT molecular complexity index is 318. The molecule has 1 N–H and O–H groups in total. The van der Waals surface area contributed by atoms with Crippen molar-refractivity contribution in [3.63, 3.8) is 0 Å². The van der Waals surface area contributed by atoms with E-state index in [2.05, 4.69) is 5.32 Å². The van der Waals surface area contributed by atoms with Crippen LogP contribution in [0, 0.1) is 17.5 Å². The van der Waals surface area contributed by atoms with E-state index in [0.29, 0.717) is 18.5 Å². The third kappa shape index (κ3) is 2.48. The maximum Gasteiger partial charge on any atom is 0.207 e. The summed E-state index contributed by atoms with van der Waals surface area (Å²) in [5, 5.41) is 2.26. The monoisotopic (exact) mass is 203 g/mol. The Hall–Kier alpha value is -1.52. The van der Waals surface area contributed by atoms with Crippen molar-refractivity contribution in [2.45, 2.75) is 6.42 Å². The van der Waals surface area contributed by atoms with Gasteiger partial charge in [-0.05, 0) is 6.42 Å². The number of carbonyl (C=O) groups is 1. The van der Waals surface area contributed by atoms with Crippen LogP contribution in [0.4, 0.5) is 13.2 Å². The van der Waals surface area contributed by atoms with Gasteiger partial charge in [-0.2, -0.15) is 0 Å². The van der Waals surface area contributed by atoms with Gasteiger partial charge in [0.2, 0.25) is 6.41 Å². The molecule has 0 bridgehead atoms. The molecule has 0 aliphatic heterocycles. The van der Waals surface area contributed by atoms with Crippen LogP contribution in [-0.2, 0) is 11.2 Å². The van der Waals surface area contributed by atoms with Crippen LogP contribution in [0.25, 0.3) is 0 Å². The molecule has 0 aromatic heterocycles. The molecule has 1 aromatic rings. The Labute approximate surface area is 78.7 Å². The number of benzene rings is 1. The van der Waals surface area contributed by atoms with E-state index in [1.807, 2.05) is 0 Å². The van der Waals surface area contributed by atoms with Gasteiger partial charge in [0.25, 0.3) is 0 Å². The fourth-order valence-corrected chi connectivity index (χ4v) is 1.07. The van der Waals surface area contributed by atoms with Crippen molar-refractivity contribution in [3.05, 3.63) is 35.1 Å². The first-order valence-corrected chi connectivity index (χ1v) is 3.95. The summed E-state index contributed by atoms with van der Waals surface area (Å²) >= 11 is 0. The summed E-state index contributed by atoms with van der Waals surface area (Å²) in [5.41, 5.74) is -0.222. The van der Waals surface area contributed by atoms with Crippen LogP contribution in [0.1, 0.15) is 5.56 Å². The highest BCUT2D eigenvalue weighted by Crippen LogP contribution is 2.14. The Kier molecular flexibility index (Phi) is 3.50. The number of halogens is 3. The van der Waals surface area contributed by atoms with Gasteiger partial charge < -0.3 is 5.32 Å². The van der Waals surface area contributed by atoms with Crippen molar-refractivity contribution in [3.8, 4) is 0 Å². The Morgan fingerprint density at radius 3 is 2.29 bits per heavy atom. The number of hydrogen-bond donors (Lipinski definition) is 1. The Balaban J connectivity index is 2.80. The van der Waals surface area contributed by atoms with Crippen LogP contribution < -0.4 is 5.32 Å². The molecule has 0 aliphatic carbocycles. The maximum atomic E-state index is 12.9. The molecule has 0 atom stereocenters. The first-order valence-electron chi connectivity index (χ1n) is 3.95. The molecule has 0 spiro atoms. The normalized spacial score (nSPS) is 9.93. The molecule has 0 saturated heterocycles. The smallest absolute Gasteiger partial charge is 0.207 e. The fraction of sp³-hybridized carbons (Fsp3) is 0.222. The summed E-state index contributed by atoms with van der Waals surface area (Å²) in [7, 11) is 0. The van der Waals surface area contributed by atoms with E-state index in [-0.39, 0.29) is 18.5 Å². The molecule has 0 fully saturated rings. The lowest BCUT2D eigenvalue weighted by Crippen LogP contribution is -2.15. The van der Waals surface area contributed by atoms with Crippen molar-refractivity contribution >= 4 is 6.41 Å². The minimum Gasteiger partial charge on any atom is -0.358 e. The molecule has 1 amide bonds. The average Bonchev–Trinajstić information content (AvgIpc) is 2.09. The van der Waals surface area contributed by atoms with E-state index in [0.717, 1.165) is 0 Å². The molecule has 1 rings (SSSR count). The van der Waals surface area contributed by atoms with Crippen molar-refractivity contribution in [1.82, 2.24) is 5.32 Å². The van der Waals surface area contributed by atoms with Gasteiger partial charge in [0.05, 0.1) is 0 Å². The molecule has 0 saturated carbocycles. The van der Waals surface area contributed by atoms with E-state index < -0.39 is 17.5 Å². The molecule has 5 heteroatoms. The zero-order valence-corrected chi connectivity index (χ0v) is 7.19. The van der Waals surface area contributed by atoms with Crippen LogP contribution in [0.3, 0.4) is 0 Å². The van der Waals surface area contributed by atoms with Crippen LogP contribution >= 0.6 is 0 Å². The highest BCUT2D eigenvalue weighted by atomic mass is 19.1. The number of hydrogen-bond acceptors (Lipinski definition) is 1. The zero-order valence-electron chi connectivity index (χ0n) is 7.19. The quantitative estimate of drug-likeness (QED) is 0.581. The van der Waals surface area contributed by atoms with Crippen LogP contribution in [0.2, 0.25) is 0 Å². The van der Waals surface area contributed by atoms with Gasteiger partial charge in [-0.25, -0.2) is 13.2 Å². The third-order valence-electron chi connectivity index (χ3n) is 1.71. The van der Waals surface area contributed by atoms with Crippen LogP contribution in [0.5, 0.6) is 0 Å². The molecule has 0 heterocycles. The first-order chi connectivity index (χ1) is 6.65. The summed E-state index contributed by atoms with van der Waals surface area (Å²) in [4.78, 5) is 9.86. The fourth-order valence-electron chi connectivity index (χ4n) is 1.07. The summed E-state index contributed by atoms with van der Waals surface area (Å²) < 4.78 is 38.3. The number of rotatable bonds is 4. The highest BCUT2D eigenvalue weighted by molar-refractivity contribution is 5.45. The van der Waals surface area contributed by atoms with Crippen LogP contribution in [0.15, 0.2) is 12.1 Å². The summed E-state index contributed by atoms with van der Waals surface area (Å²) in [6.07, 6.45) is 0.427. The lowest BCUT2D eigenvalue weighted by Gasteiger charge is -2.04. The van der Waals surface area contributed by atoms with E-state index >= 15 is 0 Å². The van der Waals surface area contributed by atoms with Gasteiger partial charge in [0.1, 0.15) is 17.5 Å². The molecule has 1 aromatic carbocycles. The maximum absolute atomic E-state index is 12.9. The summed E-state index contributed by atoms with van der Waals surface area (Å²) in [6.45, 7) is 0.114. The van der Waals surface area contributed by atoms with E-state index in [1.54, 1.807) is 0 Å². The molecule has 0 radical (unpaired) electrons. The number of carbonyl (C=O) groups excluding carboxylic acids is 1. The van der Waals surface area contributed by atoms with Gasteiger partial charge in [-0.3, -0.25) is 4.79 Å². The molecule has 2 nitrogen and oxygen atoms in total.